The van der Waals surface area contributed by atoms with Crippen LogP contribution in [0.4, 0.5) is 10.1 Å². The Kier molecular flexibility index (Phi) is 6.09. The molecule has 0 atom stereocenters. The zero-order valence-electron chi connectivity index (χ0n) is 17.3. The minimum Gasteiger partial charge on any atom is -0.493 e. The summed E-state index contributed by atoms with van der Waals surface area (Å²) in [5.74, 6) is -0.708. The summed E-state index contributed by atoms with van der Waals surface area (Å²) in [4.78, 5) is 15.1. The van der Waals surface area contributed by atoms with Gasteiger partial charge in [0, 0.05) is 11.1 Å². The van der Waals surface area contributed by atoms with Crippen molar-refractivity contribution in [2.75, 3.05) is 12.4 Å². The SMILES string of the molecule is COc1cccc2cc(C(=O)Nc3ccc(F)cc3)/c(=N/NS(=O)(=O)c3ccccc3)oc12. The number of rotatable bonds is 6. The average molecular weight is 467 g/mol. The minimum absolute atomic E-state index is 0.00978. The van der Waals surface area contributed by atoms with Crippen molar-refractivity contribution >= 4 is 32.6 Å². The summed E-state index contributed by atoms with van der Waals surface area (Å²) in [7, 11) is -2.56. The maximum Gasteiger partial charge on any atom is 0.276 e. The number of para-hydroxylation sites is 1. The van der Waals surface area contributed by atoms with Crippen molar-refractivity contribution in [3.8, 4) is 5.75 Å². The van der Waals surface area contributed by atoms with Crippen LogP contribution in [-0.4, -0.2) is 21.4 Å². The summed E-state index contributed by atoms with van der Waals surface area (Å²) >= 11 is 0. The van der Waals surface area contributed by atoms with Crippen molar-refractivity contribution in [1.29, 1.82) is 0 Å². The van der Waals surface area contributed by atoms with Gasteiger partial charge in [-0.2, -0.15) is 13.2 Å². The molecule has 0 aliphatic rings. The molecule has 3 aromatic carbocycles. The molecule has 4 aromatic rings. The number of anilines is 1. The highest BCUT2D eigenvalue weighted by Crippen LogP contribution is 2.24. The van der Waals surface area contributed by atoms with Crippen molar-refractivity contribution in [2.45, 2.75) is 4.90 Å². The first-order valence-corrected chi connectivity index (χ1v) is 11.1. The Morgan fingerprint density at radius 2 is 1.73 bits per heavy atom. The van der Waals surface area contributed by atoms with E-state index >= 15 is 0 Å². The molecule has 0 bridgehead atoms. The fraction of sp³-hybridized carbons (Fsp3) is 0.0435. The van der Waals surface area contributed by atoms with Crippen LogP contribution >= 0.6 is 0 Å². The molecule has 2 N–H and O–H groups in total. The van der Waals surface area contributed by atoms with E-state index in [9.17, 15) is 17.6 Å². The highest BCUT2D eigenvalue weighted by Gasteiger charge is 2.17. The molecule has 0 fully saturated rings. The van der Waals surface area contributed by atoms with Gasteiger partial charge in [-0.1, -0.05) is 30.3 Å². The standard InChI is InChI=1S/C23H18FN3O5S/c1-31-20-9-5-6-15-14-19(22(28)25-17-12-10-16(24)11-13-17)23(32-21(15)20)26-27-33(29,30)18-7-3-2-4-8-18/h2-14,27H,1H3,(H,25,28)/b26-23-. The van der Waals surface area contributed by atoms with Gasteiger partial charge in [0.15, 0.2) is 11.3 Å². The van der Waals surface area contributed by atoms with E-state index in [1.165, 1.54) is 49.6 Å². The predicted octanol–water partition coefficient (Wildman–Crippen LogP) is 3.63. The van der Waals surface area contributed by atoms with Gasteiger partial charge in [0.25, 0.3) is 15.9 Å². The first-order chi connectivity index (χ1) is 15.9. The number of hydrogen-bond donors (Lipinski definition) is 2. The van der Waals surface area contributed by atoms with Crippen molar-refractivity contribution < 1.29 is 26.8 Å². The maximum absolute atomic E-state index is 13.2. The lowest BCUT2D eigenvalue weighted by molar-refractivity contribution is 0.102. The number of halogens is 1. The third-order valence-corrected chi connectivity index (χ3v) is 5.85. The molecule has 10 heteroatoms. The molecule has 0 saturated heterocycles. The second-order valence-electron chi connectivity index (χ2n) is 6.82. The van der Waals surface area contributed by atoms with Gasteiger partial charge in [-0.25, -0.2) is 4.39 Å². The van der Waals surface area contributed by atoms with E-state index < -0.39 is 21.7 Å². The van der Waals surface area contributed by atoms with E-state index in [1.807, 2.05) is 0 Å². The molecule has 1 aromatic heterocycles. The summed E-state index contributed by atoms with van der Waals surface area (Å²) in [6.45, 7) is 0. The van der Waals surface area contributed by atoms with Gasteiger partial charge < -0.3 is 14.5 Å². The monoisotopic (exact) mass is 467 g/mol. The molecule has 33 heavy (non-hydrogen) atoms. The Bertz CT molecular complexity index is 1480. The number of nitrogens with one attached hydrogen (secondary N) is 2. The topological polar surface area (TPSA) is 110 Å². The van der Waals surface area contributed by atoms with Crippen LogP contribution in [0.1, 0.15) is 10.4 Å². The second kappa shape index (κ2) is 9.13. The molecule has 1 amide bonds. The predicted molar refractivity (Wildman–Crippen MR) is 119 cm³/mol. The number of ether oxygens (including phenoxy) is 1. The number of amides is 1. The maximum atomic E-state index is 13.2. The Morgan fingerprint density at radius 3 is 2.42 bits per heavy atom. The van der Waals surface area contributed by atoms with E-state index in [2.05, 4.69) is 15.2 Å². The third-order valence-electron chi connectivity index (χ3n) is 4.63. The highest BCUT2D eigenvalue weighted by molar-refractivity contribution is 7.89. The van der Waals surface area contributed by atoms with Gasteiger partial charge in [-0.05, 0) is 48.5 Å². The highest BCUT2D eigenvalue weighted by atomic mass is 32.2. The van der Waals surface area contributed by atoms with Crippen LogP contribution < -0.4 is 20.4 Å². The summed E-state index contributed by atoms with van der Waals surface area (Å²) in [5, 5.41) is 7.02. The molecule has 0 unspecified atom stereocenters. The number of sulfonamides is 1. The van der Waals surface area contributed by atoms with Gasteiger partial charge >= 0.3 is 0 Å². The lowest BCUT2D eigenvalue weighted by Crippen LogP contribution is -2.27. The molecule has 8 nitrogen and oxygen atoms in total. The van der Waals surface area contributed by atoms with E-state index in [0.29, 0.717) is 16.8 Å². The van der Waals surface area contributed by atoms with E-state index in [4.69, 9.17) is 9.15 Å². The molecular weight excluding hydrogens is 449 g/mol. The Labute approximate surface area is 188 Å². The first-order valence-electron chi connectivity index (χ1n) is 9.66. The van der Waals surface area contributed by atoms with Gasteiger partial charge in [0.1, 0.15) is 11.4 Å². The fourth-order valence-electron chi connectivity index (χ4n) is 3.02. The molecule has 168 valence electrons. The van der Waals surface area contributed by atoms with E-state index in [0.717, 1.165) is 0 Å². The van der Waals surface area contributed by atoms with Crippen molar-refractivity contribution in [3.63, 3.8) is 0 Å². The Balaban J connectivity index is 1.80. The van der Waals surface area contributed by atoms with Crippen LogP contribution in [0.25, 0.3) is 11.0 Å². The van der Waals surface area contributed by atoms with Crippen molar-refractivity contribution in [1.82, 2.24) is 4.83 Å². The van der Waals surface area contributed by atoms with Crippen LogP contribution in [0.3, 0.4) is 0 Å². The zero-order chi connectivity index (χ0) is 23.4. The van der Waals surface area contributed by atoms with Gasteiger partial charge in [0.05, 0.1) is 12.0 Å². The summed E-state index contributed by atoms with van der Waals surface area (Å²) in [6.07, 6.45) is 0. The van der Waals surface area contributed by atoms with Crippen molar-refractivity contribution in [2.24, 2.45) is 5.10 Å². The molecule has 4 rings (SSSR count). The lowest BCUT2D eigenvalue weighted by Gasteiger charge is -2.09. The number of benzene rings is 3. The number of methoxy groups -OCH3 is 1. The van der Waals surface area contributed by atoms with Gasteiger partial charge in [-0.15, -0.1) is 5.10 Å². The number of carbonyl (C=O) groups excluding carboxylic acids is 1. The Hall–Kier alpha value is -4.18. The van der Waals surface area contributed by atoms with Crippen LogP contribution in [0.2, 0.25) is 0 Å². The number of nitrogens with zero attached hydrogens (tertiary/aromatic N) is 1. The first kappa shape index (κ1) is 22.0. The van der Waals surface area contributed by atoms with Gasteiger partial charge in [0.2, 0.25) is 5.55 Å². The van der Waals surface area contributed by atoms with Crippen LogP contribution in [0, 0.1) is 5.82 Å². The number of carbonyl (C=O) groups is 1. The van der Waals surface area contributed by atoms with Crippen LogP contribution in [-0.2, 0) is 10.0 Å². The normalized spacial score (nSPS) is 11.9. The van der Waals surface area contributed by atoms with Crippen molar-refractivity contribution in [3.05, 3.63) is 95.8 Å². The summed E-state index contributed by atoms with van der Waals surface area (Å²) < 4.78 is 49.4. The smallest absolute Gasteiger partial charge is 0.276 e. The molecule has 1 heterocycles. The number of hydrogen-bond acceptors (Lipinski definition) is 6. The van der Waals surface area contributed by atoms with E-state index in [-0.39, 0.29) is 21.6 Å². The quantitative estimate of drug-likeness (QED) is 0.421. The molecule has 0 spiro atoms. The van der Waals surface area contributed by atoms with Crippen LogP contribution in [0.15, 0.2) is 93.3 Å². The number of fused-ring (bicyclic) bond motifs is 1. The Morgan fingerprint density at radius 1 is 1.00 bits per heavy atom. The third kappa shape index (κ3) is 4.85. The van der Waals surface area contributed by atoms with Gasteiger partial charge in [-0.3, -0.25) is 4.79 Å². The lowest BCUT2D eigenvalue weighted by atomic mass is 10.1. The zero-order valence-corrected chi connectivity index (χ0v) is 18.1. The van der Waals surface area contributed by atoms with Crippen LogP contribution in [0.5, 0.6) is 5.75 Å². The van der Waals surface area contributed by atoms with E-state index in [1.54, 1.807) is 36.4 Å². The molecule has 0 saturated carbocycles. The minimum atomic E-state index is -4.01. The second-order valence-corrected chi connectivity index (χ2v) is 8.49. The molecular formula is C23H18FN3O5S. The molecule has 0 aliphatic carbocycles. The summed E-state index contributed by atoms with van der Waals surface area (Å²) in [5.41, 5.74) is 0.279. The largest absolute Gasteiger partial charge is 0.493 e. The molecule has 0 aliphatic heterocycles. The average Bonchev–Trinajstić information content (AvgIpc) is 2.83. The summed E-state index contributed by atoms with van der Waals surface area (Å²) in [6, 6.07) is 19.4. The fourth-order valence-corrected chi connectivity index (χ4v) is 3.84. The molecule has 0 radical (unpaired) electrons.